The Labute approximate surface area is 186 Å². The van der Waals surface area contributed by atoms with Gasteiger partial charge in [0.1, 0.15) is 5.52 Å². The van der Waals surface area contributed by atoms with Crippen LogP contribution < -0.4 is 13.7 Å². The molecule has 4 rings (SSSR count). The number of aryl methyl sites for hydroxylation is 1. The van der Waals surface area contributed by atoms with E-state index in [0.717, 1.165) is 22.0 Å². The molecule has 0 aliphatic carbocycles. The van der Waals surface area contributed by atoms with E-state index in [1.54, 1.807) is 32.5 Å². The molecule has 2 aromatic carbocycles. The van der Waals surface area contributed by atoms with Crippen LogP contribution in [0.5, 0.6) is 17.2 Å². The number of ether oxygens (including phenoxy) is 2. The van der Waals surface area contributed by atoms with Crippen molar-refractivity contribution in [3.05, 3.63) is 65.6 Å². The average Bonchev–Trinajstić information content (AvgIpc) is 2.78. The minimum absolute atomic E-state index is 0.0602. The van der Waals surface area contributed by atoms with Gasteiger partial charge in [0.15, 0.2) is 29.3 Å². The zero-order valence-corrected chi connectivity index (χ0v) is 18.3. The monoisotopic (exact) mass is 460 g/mol. The predicted molar refractivity (Wildman–Crippen MR) is 118 cm³/mol. The van der Waals surface area contributed by atoms with Crippen molar-refractivity contribution in [2.45, 2.75) is 18.9 Å². The molecule has 0 aliphatic heterocycles. The smallest absolute Gasteiger partial charge is 0.479 e. The molecule has 0 amide bonds. The van der Waals surface area contributed by atoms with E-state index >= 15 is 0 Å². The fourth-order valence-electron chi connectivity index (χ4n) is 3.51. The Balaban J connectivity index is 1.75. The van der Waals surface area contributed by atoms with Crippen molar-refractivity contribution in [3.63, 3.8) is 0 Å². The van der Waals surface area contributed by atoms with Crippen LogP contribution in [-0.4, -0.2) is 29.7 Å². The number of para-hydroxylation sites is 1. The summed E-state index contributed by atoms with van der Waals surface area (Å²) in [6.07, 6.45) is 2.20. The van der Waals surface area contributed by atoms with E-state index in [1.165, 1.54) is 6.07 Å². The summed E-state index contributed by atoms with van der Waals surface area (Å²) >= 11 is -0.553. The van der Waals surface area contributed by atoms with Crippen LogP contribution in [0.4, 0.5) is 13.2 Å². The molecule has 0 fully saturated rings. The highest BCUT2D eigenvalue weighted by atomic mass is 32.2. The van der Waals surface area contributed by atoms with Crippen molar-refractivity contribution < 1.29 is 26.8 Å². The van der Waals surface area contributed by atoms with Crippen LogP contribution in [0.1, 0.15) is 17.0 Å². The van der Waals surface area contributed by atoms with Gasteiger partial charge in [0, 0.05) is 34.8 Å². The minimum Gasteiger partial charge on any atom is -0.493 e. The number of aromatic nitrogens is 2. The van der Waals surface area contributed by atoms with E-state index in [0.29, 0.717) is 34.5 Å². The minimum atomic E-state index is -4.51. The maximum Gasteiger partial charge on any atom is 0.479 e. The molecule has 0 radical (unpaired) electrons. The van der Waals surface area contributed by atoms with Crippen molar-refractivity contribution in [3.8, 4) is 17.2 Å². The number of rotatable bonds is 6. The number of fused-ring (bicyclic) bond motifs is 2. The molecule has 32 heavy (non-hydrogen) atoms. The molecule has 4 aromatic rings. The standard InChI is InChI=1S/C23H19F3N2O3S/c1-13-17-10-20(29-2)21(30-3)11-18(17)15(12-27-13)9-16-8-7-14-5-4-6-19(22(14)28-16)31-32-23(24,25)26/h4-8,10-12H,9H2,1-3H3. The van der Waals surface area contributed by atoms with Crippen molar-refractivity contribution in [1.29, 1.82) is 0 Å². The number of nitrogens with zero attached hydrogens (tertiary/aromatic N) is 2. The topological polar surface area (TPSA) is 53.5 Å². The molecular weight excluding hydrogens is 441 g/mol. The van der Waals surface area contributed by atoms with Gasteiger partial charge in [-0.1, -0.05) is 18.2 Å². The molecule has 0 saturated carbocycles. The second-order valence-corrected chi connectivity index (χ2v) is 7.84. The van der Waals surface area contributed by atoms with Gasteiger partial charge in [-0.25, -0.2) is 4.98 Å². The maximum absolute atomic E-state index is 12.6. The molecule has 166 valence electrons. The quantitative estimate of drug-likeness (QED) is 0.317. The molecule has 2 aromatic heterocycles. The van der Waals surface area contributed by atoms with Gasteiger partial charge in [0.05, 0.1) is 14.2 Å². The normalized spacial score (nSPS) is 11.7. The van der Waals surface area contributed by atoms with Gasteiger partial charge in [0.25, 0.3) is 0 Å². The maximum atomic E-state index is 12.6. The molecule has 0 saturated heterocycles. The Morgan fingerprint density at radius 2 is 1.66 bits per heavy atom. The zero-order valence-electron chi connectivity index (χ0n) is 17.5. The van der Waals surface area contributed by atoms with Gasteiger partial charge >= 0.3 is 5.51 Å². The van der Waals surface area contributed by atoms with E-state index in [4.69, 9.17) is 13.7 Å². The van der Waals surface area contributed by atoms with E-state index in [9.17, 15) is 13.2 Å². The number of halogens is 3. The molecule has 0 bridgehead atoms. The third kappa shape index (κ3) is 4.52. The summed E-state index contributed by atoms with van der Waals surface area (Å²) in [6.45, 7) is 1.91. The molecule has 2 heterocycles. The highest BCUT2D eigenvalue weighted by molar-refractivity contribution is 7.95. The third-order valence-electron chi connectivity index (χ3n) is 5.01. The number of benzene rings is 2. The summed E-state index contributed by atoms with van der Waals surface area (Å²) < 4.78 is 53.6. The van der Waals surface area contributed by atoms with Crippen LogP contribution in [0, 0.1) is 6.92 Å². The van der Waals surface area contributed by atoms with Gasteiger partial charge in [0.2, 0.25) is 0 Å². The van der Waals surface area contributed by atoms with Gasteiger partial charge < -0.3 is 13.7 Å². The van der Waals surface area contributed by atoms with Crippen molar-refractivity contribution in [1.82, 2.24) is 9.97 Å². The van der Waals surface area contributed by atoms with Gasteiger partial charge in [-0.2, -0.15) is 13.2 Å². The second-order valence-electron chi connectivity index (χ2n) is 7.04. The van der Waals surface area contributed by atoms with Gasteiger partial charge in [-0.05, 0) is 42.1 Å². The fourth-order valence-corrected chi connectivity index (χ4v) is 3.83. The SMILES string of the molecule is COc1cc2c(Cc3ccc4cccc(OSC(F)(F)F)c4n3)cnc(C)c2cc1OC. The summed E-state index contributed by atoms with van der Waals surface area (Å²) in [5.41, 5.74) is -1.72. The Morgan fingerprint density at radius 1 is 0.938 bits per heavy atom. The van der Waals surface area contributed by atoms with Crippen molar-refractivity contribution in [2.24, 2.45) is 0 Å². The molecule has 0 aliphatic rings. The molecule has 5 nitrogen and oxygen atoms in total. The van der Waals surface area contributed by atoms with Crippen molar-refractivity contribution in [2.75, 3.05) is 14.2 Å². The second kappa shape index (κ2) is 8.74. The number of methoxy groups -OCH3 is 2. The number of alkyl halides is 3. The van der Waals surface area contributed by atoms with E-state index in [1.807, 2.05) is 31.2 Å². The number of hydrogen-bond donors (Lipinski definition) is 0. The van der Waals surface area contributed by atoms with Crippen LogP contribution in [0.3, 0.4) is 0 Å². The highest BCUT2D eigenvalue weighted by Crippen LogP contribution is 2.37. The van der Waals surface area contributed by atoms with Crippen LogP contribution >= 0.6 is 12.0 Å². The molecule has 0 atom stereocenters. The summed E-state index contributed by atoms with van der Waals surface area (Å²) in [7, 11) is 3.15. The Morgan fingerprint density at radius 3 is 2.34 bits per heavy atom. The number of hydrogen-bond acceptors (Lipinski definition) is 6. The molecular formula is C23H19F3N2O3S. The van der Waals surface area contributed by atoms with E-state index < -0.39 is 17.6 Å². The first-order chi connectivity index (χ1) is 15.3. The largest absolute Gasteiger partial charge is 0.493 e. The lowest BCUT2D eigenvalue weighted by molar-refractivity contribution is -0.0369. The fraction of sp³-hybridized carbons (Fsp3) is 0.217. The van der Waals surface area contributed by atoms with Crippen molar-refractivity contribution >= 4 is 33.7 Å². The lowest BCUT2D eigenvalue weighted by Gasteiger charge is -2.14. The number of pyridine rings is 2. The summed E-state index contributed by atoms with van der Waals surface area (Å²) in [5, 5.41) is 2.55. The average molecular weight is 460 g/mol. The summed E-state index contributed by atoms with van der Waals surface area (Å²) in [5.74, 6) is 1.26. The molecule has 0 N–H and O–H groups in total. The first kappa shape index (κ1) is 22.0. The molecule has 0 unspecified atom stereocenters. The molecule has 0 spiro atoms. The van der Waals surface area contributed by atoms with Crippen LogP contribution in [0.15, 0.2) is 48.7 Å². The van der Waals surface area contributed by atoms with Crippen LogP contribution in [-0.2, 0) is 6.42 Å². The van der Waals surface area contributed by atoms with E-state index in [2.05, 4.69) is 9.97 Å². The Kier molecular flexibility index (Phi) is 6.01. The zero-order chi connectivity index (χ0) is 22.9. The lowest BCUT2D eigenvalue weighted by atomic mass is 10.0. The summed E-state index contributed by atoms with van der Waals surface area (Å²) in [6, 6.07) is 12.3. The first-order valence-corrected chi connectivity index (χ1v) is 10.3. The Hall–Kier alpha value is -3.20. The van der Waals surface area contributed by atoms with Gasteiger partial charge in [-0.3, -0.25) is 4.98 Å². The predicted octanol–water partition coefficient (Wildman–Crippen LogP) is 6.25. The molecule has 9 heteroatoms. The van der Waals surface area contributed by atoms with E-state index in [-0.39, 0.29) is 5.75 Å². The van der Waals surface area contributed by atoms with Gasteiger partial charge in [-0.15, -0.1) is 0 Å². The summed E-state index contributed by atoms with van der Waals surface area (Å²) in [4.78, 5) is 9.08. The van der Waals surface area contributed by atoms with Crippen LogP contribution in [0.2, 0.25) is 0 Å². The Bertz CT molecular complexity index is 1300. The van der Waals surface area contributed by atoms with Crippen LogP contribution in [0.25, 0.3) is 21.7 Å². The first-order valence-electron chi connectivity index (χ1n) is 9.60. The third-order valence-corrected chi connectivity index (χ3v) is 5.46. The lowest BCUT2D eigenvalue weighted by Crippen LogP contribution is -2.03. The highest BCUT2D eigenvalue weighted by Gasteiger charge is 2.31.